The van der Waals surface area contributed by atoms with Gasteiger partial charge in [0.05, 0.1) is 0 Å². The van der Waals surface area contributed by atoms with Crippen molar-refractivity contribution in [2.45, 2.75) is 0 Å². The van der Waals surface area contributed by atoms with Crippen LogP contribution in [0.15, 0.2) is 48.7 Å². The van der Waals surface area contributed by atoms with Crippen LogP contribution in [-0.2, 0) is 0 Å². The molecule has 0 aliphatic heterocycles. The molecule has 0 radical (unpaired) electrons. The van der Waals surface area contributed by atoms with Gasteiger partial charge in [-0.1, -0.05) is 18.2 Å². The van der Waals surface area contributed by atoms with Crippen LogP contribution in [0, 0.1) is 5.95 Å². The number of hydrogen-bond donors (Lipinski definition) is 0. The molecule has 70 valence electrons. The summed E-state index contributed by atoms with van der Waals surface area (Å²) < 4.78 is 18.3. The van der Waals surface area contributed by atoms with Crippen LogP contribution < -0.4 is 4.74 Å². The summed E-state index contributed by atoms with van der Waals surface area (Å²) in [6, 6.07) is 12.2. The Morgan fingerprint density at radius 3 is 2.50 bits per heavy atom. The molecule has 2 nitrogen and oxygen atoms in total. The Labute approximate surface area is 81.0 Å². The van der Waals surface area contributed by atoms with Crippen LogP contribution in [-0.4, -0.2) is 4.98 Å². The number of aromatic nitrogens is 1. The molecule has 0 aliphatic rings. The first-order valence-corrected chi connectivity index (χ1v) is 4.20. The van der Waals surface area contributed by atoms with E-state index in [0.717, 1.165) is 0 Å². The van der Waals surface area contributed by atoms with Crippen molar-refractivity contribution in [3.63, 3.8) is 0 Å². The smallest absolute Gasteiger partial charge is 0.255 e. The molecule has 1 heterocycles. The quantitative estimate of drug-likeness (QED) is 0.677. The van der Waals surface area contributed by atoms with Gasteiger partial charge in [-0.15, -0.1) is 0 Å². The standard InChI is InChI=1S/C11H8FNO/c12-11-10(7-4-8-13-11)14-9-5-2-1-3-6-9/h1-8H. The van der Waals surface area contributed by atoms with Gasteiger partial charge in [0, 0.05) is 6.20 Å². The lowest BCUT2D eigenvalue weighted by molar-refractivity contribution is 0.429. The highest BCUT2D eigenvalue weighted by atomic mass is 19.1. The van der Waals surface area contributed by atoms with Gasteiger partial charge >= 0.3 is 0 Å². The van der Waals surface area contributed by atoms with Crippen molar-refractivity contribution in [2.75, 3.05) is 0 Å². The minimum Gasteiger partial charge on any atom is -0.453 e. The number of nitrogens with zero attached hydrogens (tertiary/aromatic N) is 1. The monoisotopic (exact) mass is 189 g/mol. The number of hydrogen-bond acceptors (Lipinski definition) is 2. The van der Waals surface area contributed by atoms with Gasteiger partial charge in [-0.3, -0.25) is 0 Å². The van der Waals surface area contributed by atoms with Gasteiger partial charge in [-0.05, 0) is 24.3 Å². The average molecular weight is 189 g/mol. The van der Waals surface area contributed by atoms with Crippen LogP contribution in [0.25, 0.3) is 0 Å². The van der Waals surface area contributed by atoms with Gasteiger partial charge in [0.15, 0.2) is 5.75 Å². The summed E-state index contributed by atoms with van der Waals surface area (Å²) in [6.45, 7) is 0. The summed E-state index contributed by atoms with van der Waals surface area (Å²) in [6.07, 6.45) is 1.38. The maximum atomic E-state index is 13.0. The molecule has 0 saturated heterocycles. The van der Waals surface area contributed by atoms with E-state index in [1.807, 2.05) is 18.2 Å². The van der Waals surface area contributed by atoms with Crippen molar-refractivity contribution >= 4 is 0 Å². The number of benzene rings is 1. The van der Waals surface area contributed by atoms with Crippen molar-refractivity contribution in [1.29, 1.82) is 0 Å². The van der Waals surface area contributed by atoms with E-state index in [-0.39, 0.29) is 5.75 Å². The molecular weight excluding hydrogens is 181 g/mol. The highest BCUT2D eigenvalue weighted by Gasteiger charge is 2.03. The van der Waals surface area contributed by atoms with Gasteiger partial charge in [0.1, 0.15) is 5.75 Å². The number of pyridine rings is 1. The molecule has 0 saturated carbocycles. The molecular formula is C11H8FNO. The lowest BCUT2D eigenvalue weighted by atomic mass is 10.3. The summed E-state index contributed by atoms with van der Waals surface area (Å²) >= 11 is 0. The Kier molecular flexibility index (Phi) is 2.40. The molecule has 0 amide bonds. The van der Waals surface area contributed by atoms with Gasteiger partial charge in [-0.2, -0.15) is 4.39 Å². The highest BCUT2D eigenvalue weighted by molar-refractivity contribution is 5.29. The molecule has 1 aromatic heterocycles. The molecule has 0 spiro atoms. The van der Waals surface area contributed by atoms with Crippen molar-refractivity contribution < 1.29 is 9.13 Å². The third-order valence-electron chi connectivity index (χ3n) is 1.70. The minimum atomic E-state index is -0.601. The molecule has 0 bridgehead atoms. The summed E-state index contributed by atoms with van der Waals surface area (Å²) in [5.41, 5.74) is 0. The first-order chi connectivity index (χ1) is 6.86. The van der Waals surface area contributed by atoms with E-state index in [9.17, 15) is 4.39 Å². The molecule has 1 aromatic carbocycles. The number of ether oxygens (including phenoxy) is 1. The highest BCUT2D eigenvalue weighted by Crippen LogP contribution is 2.21. The van der Waals surface area contributed by atoms with E-state index in [1.165, 1.54) is 12.3 Å². The second-order valence-electron chi connectivity index (χ2n) is 2.71. The third-order valence-corrected chi connectivity index (χ3v) is 1.70. The topological polar surface area (TPSA) is 22.1 Å². The lowest BCUT2D eigenvalue weighted by Crippen LogP contribution is -1.89. The van der Waals surface area contributed by atoms with E-state index in [1.54, 1.807) is 18.2 Å². The number of halogens is 1. The molecule has 0 fully saturated rings. The first-order valence-electron chi connectivity index (χ1n) is 4.20. The van der Waals surface area contributed by atoms with Gasteiger partial charge in [0.25, 0.3) is 5.95 Å². The Bertz CT molecular complexity index is 417. The van der Waals surface area contributed by atoms with Crippen LogP contribution in [0.3, 0.4) is 0 Å². The fourth-order valence-corrected chi connectivity index (χ4v) is 1.06. The van der Waals surface area contributed by atoms with Crippen LogP contribution in [0.5, 0.6) is 11.5 Å². The SMILES string of the molecule is Fc1ncccc1Oc1ccccc1. The molecule has 14 heavy (non-hydrogen) atoms. The maximum Gasteiger partial charge on any atom is 0.255 e. The van der Waals surface area contributed by atoms with Crippen LogP contribution >= 0.6 is 0 Å². The second-order valence-corrected chi connectivity index (χ2v) is 2.71. The molecule has 0 aliphatic carbocycles. The van der Waals surface area contributed by atoms with Crippen LogP contribution in [0.4, 0.5) is 4.39 Å². The molecule has 2 rings (SSSR count). The largest absolute Gasteiger partial charge is 0.453 e. The van der Waals surface area contributed by atoms with E-state index in [0.29, 0.717) is 5.75 Å². The zero-order valence-electron chi connectivity index (χ0n) is 7.35. The average Bonchev–Trinajstić information content (AvgIpc) is 2.23. The molecule has 0 N–H and O–H groups in total. The fourth-order valence-electron chi connectivity index (χ4n) is 1.06. The summed E-state index contributed by atoms with van der Waals surface area (Å²) in [5, 5.41) is 0. The van der Waals surface area contributed by atoms with Crippen LogP contribution in [0.2, 0.25) is 0 Å². The van der Waals surface area contributed by atoms with Gasteiger partial charge < -0.3 is 4.74 Å². The maximum absolute atomic E-state index is 13.0. The van der Waals surface area contributed by atoms with E-state index in [4.69, 9.17) is 4.74 Å². The zero-order valence-corrected chi connectivity index (χ0v) is 7.35. The number of para-hydroxylation sites is 1. The van der Waals surface area contributed by atoms with Crippen molar-refractivity contribution in [3.8, 4) is 11.5 Å². The Morgan fingerprint density at radius 2 is 1.79 bits per heavy atom. The second kappa shape index (κ2) is 3.87. The van der Waals surface area contributed by atoms with E-state index >= 15 is 0 Å². The molecule has 0 unspecified atom stereocenters. The lowest BCUT2D eigenvalue weighted by Gasteiger charge is -2.04. The molecule has 0 atom stereocenters. The predicted molar refractivity (Wildman–Crippen MR) is 50.7 cm³/mol. The fraction of sp³-hybridized carbons (Fsp3) is 0. The van der Waals surface area contributed by atoms with Crippen molar-refractivity contribution in [2.24, 2.45) is 0 Å². The van der Waals surface area contributed by atoms with E-state index < -0.39 is 5.95 Å². The number of rotatable bonds is 2. The Balaban J connectivity index is 2.24. The predicted octanol–water partition coefficient (Wildman–Crippen LogP) is 3.01. The van der Waals surface area contributed by atoms with Gasteiger partial charge in [-0.25, -0.2) is 4.98 Å². The normalized spacial score (nSPS) is 9.79. The van der Waals surface area contributed by atoms with Crippen molar-refractivity contribution in [1.82, 2.24) is 4.98 Å². The first kappa shape index (κ1) is 8.69. The zero-order chi connectivity index (χ0) is 9.80. The summed E-state index contributed by atoms with van der Waals surface area (Å²) in [7, 11) is 0. The van der Waals surface area contributed by atoms with Crippen molar-refractivity contribution in [3.05, 3.63) is 54.6 Å². The Hall–Kier alpha value is -1.90. The van der Waals surface area contributed by atoms with Crippen LogP contribution in [0.1, 0.15) is 0 Å². The Morgan fingerprint density at radius 1 is 1.00 bits per heavy atom. The molecule has 2 aromatic rings. The summed E-state index contributed by atoms with van der Waals surface area (Å²) in [4.78, 5) is 3.48. The molecule has 3 heteroatoms. The van der Waals surface area contributed by atoms with Gasteiger partial charge in [0.2, 0.25) is 0 Å². The summed E-state index contributed by atoms with van der Waals surface area (Å²) in [5.74, 6) is 0.134. The van der Waals surface area contributed by atoms with E-state index in [2.05, 4.69) is 4.98 Å². The third kappa shape index (κ3) is 1.88. The minimum absolute atomic E-state index is 0.138.